The number of H-pyrrole nitrogens is 1. The van der Waals surface area contributed by atoms with Gasteiger partial charge in [-0.3, -0.25) is 15.0 Å². The lowest BCUT2D eigenvalue weighted by molar-refractivity contribution is -0.119. The summed E-state index contributed by atoms with van der Waals surface area (Å²) < 4.78 is 30.4. The Bertz CT molecular complexity index is 1460. The van der Waals surface area contributed by atoms with Crippen LogP contribution in [0.1, 0.15) is 56.1 Å². The van der Waals surface area contributed by atoms with Crippen LogP contribution in [0.3, 0.4) is 0 Å². The highest BCUT2D eigenvalue weighted by atomic mass is 19.1. The second kappa shape index (κ2) is 11.9. The first-order valence-corrected chi connectivity index (χ1v) is 13.4. The molecule has 0 radical (unpaired) electrons. The molecule has 3 atom stereocenters. The number of carbonyl (C=O) groups excluding carboxylic acids is 3. The Hall–Kier alpha value is -4.61. The summed E-state index contributed by atoms with van der Waals surface area (Å²) >= 11 is 0. The van der Waals surface area contributed by atoms with Crippen LogP contribution in [0, 0.1) is 11.7 Å². The van der Waals surface area contributed by atoms with E-state index in [2.05, 4.69) is 20.4 Å². The summed E-state index contributed by atoms with van der Waals surface area (Å²) in [5.74, 6) is -0.357. The van der Waals surface area contributed by atoms with E-state index in [1.165, 1.54) is 20.3 Å². The summed E-state index contributed by atoms with van der Waals surface area (Å²) in [7, 11) is 2.66. The van der Waals surface area contributed by atoms with Crippen molar-refractivity contribution in [3.63, 3.8) is 0 Å². The standard InChI is InChI=1S/C29H32FN5O6/c1-16-6-4-8-22(35-13-12-23(41-29(35)38)19-7-5-9-24(39-2)25(19)30)26-31-15-21(33-26)18-11-10-17(32-28(37)40-3)14-20(18)34-27(16)36/h5,7,9-11,14-16,22-23H,4,6,8,12-13H2,1-3H3,(H,31,33)(H,32,37)(H,34,36). The molecule has 3 heterocycles. The van der Waals surface area contributed by atoms with E-state index < -0.39 is 30.1 Å². The number of anilines is 2. The number of carbonyl (C=O) groups is 3. The summed E-state index contributed by atoms with van der Waals surface area (Å²) in [6.07, 6.45) is 1.93. The first kappa shape index (κ1) is 27.9. The van der Waals surface area contributed by atoms with Crippen molar-refractivity contribution in [2.24, 2.45) is 5.92 Å². The molecular weight excluding hydrogens is 533 g/mol. The molecule has 0 aliphatic carbocycles. The number of imidazole rings is 1. The number of nitrogens with zero attached hydrogens (tertiary/aromatic N) is 2. The highest BCUT2D eigenvalue weighted by Crippen LogP contribution is 2.38. The zero-order chi connectivity index (χ0) is 29.1. The van der Waals surface area contributed by atoms with Crippen molar-refractivity contribution in [1.29, 1.82) is 0 Å². The molecule has 41 heavy (non-hydrogen) atoms. The third-order valence-corrected chi connectivity index (χ3v) is 7.51. The zero-order valence-corrected chi connectivity index (χ0v) is 23.0. The van der Waals surface area contributed by atoms with Crippen LogP contribution < -0.4 is 15.4 Å². The molecule has 3 amide bonds. The second-order valence-electron chi connectivity index (χ2n) is 10.1. The fourth-order valence-corrected chi connectivity index (χ4v) is 5.24. The van der Waals surface area contributed by atoms with Gasteiger partial charge in [-0.05, 0) is 37.1 Å². The van der Waals surface area contributed by atoms with Crippen molar-refractivity contribution in [2.75, 3.05) is 31.4 Å². The minimum atomic E-state index is -0.740. The van der Waals surface area contributed by atoms with E-state index in [1.807, 2.05) is 6.92 Å². The normalized spacial score (nSPS) is 21.0. The van der Waals surface area contributed by atoms with Gasteiger partial charge in [0.1, 0.15) is 11.9 Å². The van der Waals surface area contributed by atoms with Gasteiger partial charge in [0.15, 0.2) is 11.6 Å². The van der Waals surface area contributed by atoms with Crippen LogP contribution >= 0.6 is 0 Å². The van der Waals surface area contributed by atoms with E-state index in [0.29, 0.717) is 60.7 Å². The predicted molar refractivity (Wildman–Crippen MR) is 148 cm³/mol. The highest BCUT2D eigenvalue weighted by molar-refractivity contribution is 5.98. The second-order valence-corrected chi connectivity index (χ2v) is 10.1. The molecule has 1 saturated heterocycles. The number of fused-ring (bicyclic) bond motifs is 4. The van der Waals surface area contributed by atoms with Crippen LogP contribution in [0.2, 0.25) is 0 Å². The van der Waals surface area contributed by atoms with E-state index in [4.69, 9.17) is 14.5 Å². The lowest BCUT2D eigenvalue weighted by Gasteiger charge is -2.36. The Morgan fingerprint density at radius 2 is 2.00 bits per heavy atom. The number of hydrogen-bond acceptors (Lipinski definition) is 7. The Morgan fingerprint density at radius 1 is 1.17 bits per heavy atom. The number of aromatic amines is 1. The molecule has 5 rings (SSSR count). The molecule has 3 unspecified atom stereocenters. The van der Waals surface area contributed by atoms with Crippen LogP contribution in [0.25, 0.3) is 11.3 Å². The number of cyclic esters (lactones) is 1. The van der Waals surface area contributed by atoms with Crippen LogP contribution in [-0.2, 0) is 14.3 Å². The molecule has 2 aromatic carbocycles. The molecule has 1 fully saturated rings. The number of amides is 3. The summed E-state index contributed by atoms with van der Waals surface area (Å²) in [4.78, 5) is 47.7. The summed E-state index contributed by atoms with van der Waals surface area (Å²) in [5.41, 5.74) is 2.39. The Balaban J connectivity index is 1.43. The van der Waals surface area contributed by atoms with E-state index >= 15 is 0 Å². The van der Waals surface area contributed by atoms with Crippen LogP contribution in [0.4, 0.5) is 25.4 Å². The quantitative estimate of drug-likeness (QED) is 0.365. The van der Waals surface area contributed by atoms with Crippen LogP contribution in [-0.4, -0.2) is 53.7 Å². The van der Waals surface area contributed by atoms with E-state index in [-0.39, 0.29) is 23.1 Å². The molecule has 3 aromatic rings. The predicted octanol–water partition coefficient (Wildman–Crippen LogP) is 5.79. The van der Waals surface area contributed by atoms with Crippen molar-refractivity contribution in [3.8, 4) is 17.0 Å². The molecule has 2 bridgehead atoms. The van der Waals surface area contributed by atoms with Crippen molar-refractivity contribution in [3.05, 3.63) is 59.8 Å². The molecule has 1 aromatic heterocycles. The maximum atomic E-state index is 14.9. The molecule has 3 N–H and O–H groups in total. The maximum absolute atomic E-state index is 14.9. The number of aromatic nitrogens is 2. The molecule has 0 spiro atoms. The average Bonchev–Trinajstić information content (AvgIpc) is 3.45. The van der Waals surface area contributed by atoms with Crippen LogP contribution in [0.5, 0.6) is 5.75 Å². The molecule has 216 valence electrons. The van der Waals surface area contributed by atoms with Crippen molar-refractivity contribution < 1.29 is 33.0 Å². The molecule has 11 nitrogen and oxygen atoms in total. The number of halogens is 1. The van der Waals surface area contributed by atoms with Crippen LogP contribution in [0.15, 0.2) is 42.6 Å². The summed E-state index contributed by atoms with van der Waals surface area (Å²) in [6, 6.07) is 9.41. The van der Waals surface area contributed by atoms with Gasteiger partial charge in [0, 0.05) is 41.9 Å². The van der Waals surface area contributed by atoms with Gasteiger partial charge >= 0.3 is 12.2 Å². The maximum Gasteiger partial charge on any atom is 0.411 e. The van der Waals surface area contributed by atoms with E-state index in [9.17, 15) is 18.8 Å². The first-order chi connectivity index (χ1) is 19.8. The first-order valence-electron chi connectivity index (χ1n) is 13.4. The Labute approximate surface area is 236 Å². The Morgan fingerprint density at radius 3 is 2.76 bits per heavy atom. The molecule has 2 aliphatic heterocycles. The minimum absolute atomic E-state index is 0.0926. The highest BCUT2D eigenvalue weighted by Gasteiger charge is 2.36. The smallest absolute Gasteiger partial charge is 0.411 e. The third-order valence-electron chi connectivity index (χ3n) is 7.51. The Kier molecular flexibility index (Phi) is 8.09. The van der Waals surface area contributed by atoms with Gasteiger partial charge in [-0.15, -0.1) is 0 Å². The number of benzene rings is 2. The lowest BCUT2D eigenvalue weighted by Crippen LogP contribution is -2.42. The molecule has 0 saturated carbocycles. The number of hydrogen-bond donors (Lipinski definition) is 3. The fraction of sp³-hybridized carbons (Fsp3) is 0.379. The summed E-state index contributed by atoms with van der Waals surface area (Å²) in [5, 5.41) is 5.57. The zero-order valence-electron chi connectivity index (χ0n) is 23.0. The summed E-state index contributed by atoms with van der Waals surface area (Å²) in [6.45, 7) is 2.18. The number of methoxy groups -OCH3 is 2. The largest absolute Gasteiger partial charge is 0.494 e. The third kappa shape index (κ3) is 5.81. The minimum Gasteiger partial charge on any atom is -0.494 e. The molecule has 12 heteroatoms. The van der Waals surface area contributed by atoms with Gasteiger partial charge in [0.05, 0.1) is 31.6 Å². The SMILES string of the molecule is COC(=O)Nc1ccc2c(c1)NC(=O)C(C)CCCC(N1CCC(c3cccc(OC)c3F)OC1=O)c1nc-2c[nH]1. The van der Waals surface area contributed by atoms with Gasteiger partial charge in [-0.2, -0.15) is 0 Å². The molecular formula is C29H32FN5O6. The van der Waals surface area contributed by atoms with Gasteiger partial charge in [0.2, 0.25) is 5.91 Å². The number of ether oxygens (including phenoxy) is 3. The van der Waals surface area contributed by atoms with E-state index in [1.54, 1.807) is 41.4 Å². The number of nitrogens with one attached hydrogen (secondary N) is 3. The van der Waals surface area contributed by atoms with Gasteiger partial charge in [-0.25, -0.2) is 19.0 Å². The lowest BCUT2D eigenvalue weighted by atomic mass is 9.98. The van der Waals surface area contributed by atoms with Gasteiger partial charge in [-0.1, -0.05) is 25.5 Å². The monoisotopic (exact) mass is 565 g/mol. The van der Waals surface area contributed by atoms with E-state index in [0.717, 1.165) is 0 Å². The van der Waals surface area contributed by atoms with Crippen molar-refractivity contribution in [2.45, 2.75) is 44.8 Å². The fourth-order valence-electron chi connectivity index (χ4n) is 5.24. The van der Waals surface area contributed by atoms with Gasteiger partial charge < -0.3 is 24.5 Å². The van der Waals surface area contributed by atoms with Gasteiger partial charge in [0.25, 0.3) is 0 Å². The molecule has 2 aliphatic rings. The van der Waals surface area contributed by atoms with Crippen molar-refractivity contribution in [1.82, 2.24) is 14.9 Å². The average molecular weight is 566 g/mol. The van der Waals surface area contributed by atoms with Crippen molar-refractivity contribution >= 4 is 29.5 Å². The topological polar surface area (TPSA) is 135 Å². The number of rotatable bonds is 4.